The third-order valence-electron chi connectivity index (χ3n) is 10.4. The second-order valence-electron chi connectivity index (χ2n) is 15.4. The minimum atomic E-state index is -0.374. The van der Waals surface area contributed by atoms with Crippen molar-refractivity contribution in [1.29, 1.82) is 0 Å². The van der Waals surface area contributed by atoms with Crippen molar-refractivity contribution in [3.05, 3.63) is 36.5 Å². The molecule has 0 spiro atoms. The fourth-order valence-electron chi connectivity index (χ4n) is 7.00. The molecule has 51 heavy (non-hydrogen) atoms. The maximum atomic E-state index is 6.76. The first-order valence-corrected chi connectivity index (χ1v) is 22.0. The second kappa shape index (κ2) is 35.4. The Morgan fingerprint density at radius 3 is 1.51 bits per heavy atom. The van der Waals surface area contributed by atoms with E-state index < -0.39 is 0 Å². The summed E-state index contributed by atoms with van der Waals surface area (Å²) in [7, 11) is 2.13. The quantitative estimate of drug-likeness (QED) is 0.0289. The average Bonchev–Trinajstić information content (AvgIpc) is 3.53. The molecule has 6 heteroatoms. The number of hydrogen-bond donors (Lipinski definition) is 2. The Hall–Kier alpha value is -1.63. The van der Waals surface area contributed by atoms with Crippen LogP contribution in [-0.2, 0) is 9.47 Å². The van der Waals surface area contributed by atoms with E-state index in [1.54, 1.807) is 0 Å². The molecule has 6 nitrogen and oxygen atoms in total. The SMILES string of the molecule is CCCCCC=CCC=CCCCCCCCCC1(CCCCCCCCCCCC=CCCCCC)OCC(CCN(C)CCN=C(N)N)O1. The highest BCUT2D eigenvalue weighted by Gasteiger charge is 2.40. The molecular weight excluding hydrogens is 629 g/mol. The molecule has 1 rings (SSSR count). The van der Waals surface area contributed by atoms with Gasteiger partial charge in [0.05, 0.1) is 19.3 Å². The topological polar surface area (TPSA) is 86.1 Å². The molecule has 0 amide bonds. The van der Waals surface area contributed by atoms with Crippen molar-refractivity contribution < 1.29 is 9.47 Å². The zero-order valence-electron chi connectivity index (χ0n) is 34.2. The summed E-state index contributed by atoms with van der Waals surface area (Å²) in [5.74, 6) is -0.210. The number of aliphatic imine (C=N–C) groups is 1. The first kappa shape index (κ1) is 47.4. The molecule has 0 aromatic carbocycles. The van der Waals surface area contributed by atoms with Gasteiger partial charge in [-0.1, -0.05) is 147 Å². The Labute approximate surface area is 317 Å². The van der Waals surface area contributed by atoms with E-state index in [-0.39, 0.29) is 17.9 Å². The Kier molecular flexibility index (Phi) is 32.9. The van der Waals surface area contributed by atoms with Gasteiger partial charge in [-0.2, -0.15) is 0 Å². The van der Waals surface area contributed by atoms with E-state index in [1.807, 2.05) is 0 Å². The second-order valence-corrected chi connectivity index (χ2v) is 15.4. The predicted molar refractivity (Wildman–Crippen MR) is 224 cm³/mol. The third-order valence-corrected chi connectivity index (χ3v) is 10.4. The molecule has 0 aliphatic carbocycles. The molecule has 0 aromatic rings. The van der Waals surface area contributed by atoms with Gasteiger partial charge in [-0.25, -0.2) is 0 Å². The van der Waals surface area contributed by atoms with Crippen LogP contribution in [0, 0.1) is 0 Å². The molecule has 0 bridgehead atoms. The lowest BCUT2D eigenvalue weighted by atomic mass is 9.98. The zero-order chi connectivity index (χ0) is 36.9. The number of rotatable bonds is 37. The first-order valence-electron chi connectivity index (χ1n) is 22.0. The van der Waals surface area contributed by atoms with Crippen molar-refractivity contribution in [2.45, 2.75) is 212 Å². The lowest BCUT2D eigenvalue weighted by Crippen LogP contribution is -2.32. The maximum Gasteiger partial charge on any atom is 0.185 e. The summed E-state index contributed by atoms with van der Waals surface area (Å²) in [6, 6.07) is 0. The summed E-state index contributed by atoms with van der Waals surface area (Å²) in [5, 5.41) is 0. The number of likely N-dealkylation sites (N-methyl/N-ethyl adjacent to an activating group) is 1. The van der Waals surface area contributed by atoms with Gasteiger partial charge >= 0.3 is 0 Å². The highest BCUT2D eigenvalue weighted by Crippen LogP contribution is 2.35. The normalized spacial score (nSPS) is 18.0. The van der Waals surface area contributed by atoms with Crippen LogP contribution >= 0.6 is 0 Å². The molecule has 1 aliphatic rings. The number of nitrogens with two attached hydrogens (primary N) is 2. The van der Waals surface area contributed by atoms with E-state index in [9.17, 15) is 0 Å². The number of guanidine groups is 1. The Morgan fingerprint density at radius 1 is 0.608 bits per heavy atom. The lowest BCUT2D eigenvalue weighted by Gasteiger charge is -2.29. The van der Waals surface area contributed by atoms with Crippen molar-refractivity contribution in [3.8, 4) is 0 Å². The van der Waals surface area contributed by atoms with Gasteiger partial charge in [0.15, 0.2) is 11.7 Å². The summed E-state index contributed by atoms with van der Waals surface area (Å²) in [6.07, 6.45) is 51.5. The standard InChI is InChI=1S/C45H86N4O2/c1-4-6-8-10-12-14-16-18-20-22-24-26-28-30-32-34-37-45(50-42-43(51-45)36-40-49(3)41-39-48-44(46)47)38-35-33-31-29-27-25-23-21-19-17-15-13-11-9-7-5-2/h12-15,18,20,43H,4-11,16-17,19,21-42H2,1-3H3,(H4,46,47,48). The largest absolute Gasteiger partial charge is 0.370 e. The van der Waals surface area contributed by atoms with Crippen LogP contribution in [-0.4, -0.2) is 56.0 Å². The highest BCUT2D eigenvalue weighted by atomic mass is 16.7. The molecule has 1 saturated heterocycles. The number of nitrogens with zero attached hydrogens (tertiary/aromatic N) is 2. The number of unbranched alkanes of at least 4 members (excludes halogenated alkanes) is 21. The molecular formula is C45H86N4O2. The Morgan fingerprint density at radius 2 is 1.04 bits per heavy atom. The van der Waals surface area contributed by atoms with Crippen LogP contribution in [0.1, 0.15) is 200 Å². The van der Waals surface area contributed by atoms with Crippen LogP contribution in [0.3, 0.4) is 0 Å². The predicted octanol–water partition coefficient (Wildman–Crippen LogP) is 12.3. The van der Waals surface area contributed by atoms with Crippen molar-refractivity contribution in [2.75, 3.05) is 33.3 Å². The molecule has 298 valence electrons. The average molecular weight is 715 g/mol. The van der Waals surface area contributed by atoms with E-state index in [4.69, 9.17) is 20.9 Å². The molecule has 1 aliphatic heterocycles. The summed E-state index contributed by atoms with van der Waals surface area (Å²) < 4.78 is 13.3. The van der Waals surface area contributed by atoms with Gasteiger partial charge in [-0.05, 0) is 84.1 Å². The van der Waals surface area contributed by atoms with Crippen LogP contribution in [0.25, 0.3) is 0 Å². The summed E-state index contributed by atoms with van der Waals surface area (Å²) in [5.41, 5.74) is 11.0. The zero-order valence-corrected chi connectivity index (χ0v) is 34.2. The highest BCUT2D eigenvalue weighted by molar-refractivity contribution is 5.75. The van der Waals surface area contributed by atoms with Crippen LogP contribution in [0.2, 0.25) is 0 Å². The molecule has 4 N–H and O–H groups in total. The Balaban J connectivity index is 2.27. The van der Waals surface area contributed by atoms with Crippen molar-refractivity contribution in [1.82, 2.24) is 4.90 Å². The van der Waals surface area contributed by atoms with Crippen LogP contribution in [0.15, 0.2) is 41.4 Å². The van der Waals surface area contributed by atoms with Crippen LogP contribution < -0.4 is 11.5 Å². The van der Waals surface area contributed by atoms with Gasteiger partial charge in [0.1, 0.15) is 0 Å². The van der Waals surface area contributed by atoms with Crippen molar-refractivity contribution in [3.63, 3.8) is 0 Å². The smallest absolute Gasteiger partial charge is 0.185 e. The minimum Gasteiger partial charge on any atom is -0.370 e. The first-order chi connectivity index (χ1) is 25.0. The van der Waals surface area contributed by atoms with Crippen molar-refractivity contribution >= 4 is 5.96 Å². The van der Waals surface area contributed by atoms with Gasteiger partial charge in [0, 0.05) is 25.9 Å². The number of ether oxygens (including phenoxy) is 2. The van der Waals surface area contributed by atoms with Gasteiger partial charge in [-0.3, -0.25) is 4.99 Å². The molecule has 0 saturated carbocycles. The number of allylic oxidation sites excluding steroid dienone is 6. The lowest BCUT2D eigenvalue weighted by molar-refractivity contribution is -0.180. The number of hydrogen-bond acceptors (Lipinski definition) is 4. The van der Waals surface area contributed by atoms with Gasteiger partial charge < -0.3 is 25.8 Å². The molecule has 0 radical (unpaired) electrons. The van der Waals surface area contributed by atoms with E-state index in [1.165, 1.54) is 161 Å². The molecule has 1 heterocycles. The van der Waals surface area contributed by atoms with E-state index >= 15 is 0 Å². The molecule has 1 fully saturated rings. The fourth-order valence-corrected chi connectivity index (χ4v) is 7.00. The van der Waals surface area contributed by atoms with E-state index in [0.717, 1.165) is 45.4 Å². The van der Waals surface area contributed by atoms with Crippen LogP contribution in [0.5, 0.6) is 0 Å². The molecule has 2 unspecified atom stereocenters. The summed E-state index contributed by atoms with van der Waals surface area (Å²) >= 11 is 0. The van der Waals surface area contributed by atoms with Crippen molar-refractivity contribution in [2.24, 2.45) is 16.5 Å². The van der Waals surface area contributed by atoms with Gasteiger partial charge in [-0.15, -0.1) is 0 Å². The maximum absolute atomic E-state index is 6.76. The molecule has 0 aromatic heterocycles. The monoisotopic (exact) mass is 715 g/mol. The fraction of sp³-hybridized carbons (Fsp3) is 0.844. The van der Waals surface area contributed by atoms with E-state index in [0.29, 0.717) is 6.54 Å². The van der Waals surface area contributed by atoms with Gasteiger partial charge in [0.25, 0.3) is 0 Å². The van der Waals surface area contributed by atoms with E-state index in [2.05, 4.69) is 67.2 Å². The summed E-state index contributed by atoms with van der Waals surface area (Å²) in [6.45, 7) is 7.71. The molecule has 2 atom stereocenters. The third kappa shape index (κ3) is 30.5. The van der Waals surface area contributed by atoms with Crippen LogP contribution in [0.4, 0.5) is 0 Å². The summed E-state index contributed by atoms with van der Waals surface area (Å²) in [4.78, 5) is 6.40. The Bertz CT molecular complexity index is 868. The van der Waals surface area contributed by atoms with Gasteiger partial charge in [0.2, 0.25) is 0 Å². The minimum absolute atomic E-state index is 0.164.